The number of aliphatic hydroxyl groups is 2. The largest absolute Gasteiger partial charge is 0.481 e. The van der Waals surface area contributed by atoms with Crippen LogP contribution >= 0.6 is 0 Å². The van der Waals surface area contributed by atoms with E-state index in [-0.39, 0.29) is 37.2 Å². The molecule has 2 rings (SSSR count). The number of carboxylic acid groups (broad SMARTS) is 5. The van der Waals surface area contributed by atoms with Gasteiger partial charge in [0.15, 0.2) is 0 Å². The Labute approximate surface area is 200 Å². The Morgan fingerprint density at radius 1 is 0.514 bits per heavy atom. The number of hydrogen-bond acceptors (Lipinski definition) is 7. The third-order valence-corrected chi connectivity index (χ3v) is 3.54. The Morgan fingerprint density at radius 3 is 1.09 bits per heavy atom. The predicted molar refractivity (Wildman–Crippen MR) is 122 cm³/mol. The molecule has 0 fully saturated rings. The monoisotopic (exact) mass is 496 g/mol. The second-order valence-electron chi connectivity index (χ2n) is 6.27. The van der Waals surface area contributed by atoms with Gasteiger partial charge in [0, 0.05) is 12.8 Å². The van der Waals surface area contributed by atoms with Gasteiger partial charge in [-0.1, -0.05) is 30.3 Å². The molecule has 0 heterocycles. The number of carboxylic acids is 5. The highest BCUT2D eigenvalue weighted by Crippen LogP contribution is 2.07. The van der Waals surface area contributed by atoms with E-state index in [0.717, 1.165) is 0 Å². The van der Waals surface area contributed by atoms with E-state index in [0.29, 0.717) is 18.4 Å². The first-order valence-electron chi connectivity index (χ1n) is 9.97. The van der Waals surface area contributed by atoms with Gasteiger partial charge in [0.05, 0.1) is 29.9 Å². The van der Waals surface area contributed by atoms with E-state index in [9.17, 15) is 24.0 Å². The van der Waals surface area contributed by atoms with Gasteiger partial charge in [0.25, 0.3) is 0 Å². The molecule has 0 unspecified atom stereocenters. The molecule has 0 aliphatic heterocycles. The average molecular weight is 496 g/mol. The van der Waals surface area contributed by atoms with Gasteiger partial charge in [0.1, 0.15) is 0 Å². The third kappa shape index (κ3) is 18.9. The molecular formula is C23H28O12. The predicted octanol–water partition coefficient (Wildman–Crippen LogP) is 2.15. The van der Waals surface area contributed by atoms with Crippen LogP contribution in [0.3, 0.4) is 0 Å². The van der Waals surface area contributed by atoms with Crippen LogP contribution in [0.15, 0.2) is 54.6 Å². The highest BCUT2D eigenvalue weighted by molar-refractivity contribution is 6.01. The molecule has 0 aromatic heterocycles. The van der Waals surface area contributed by atoms with E-state index in [2.05, 4.69) is 0 Å². The van der Waals surface area contributed by atoms with Crippen molar-refractivity contribution in [2.45, 2.75) is 25.7 Å². The average Bonchev–Trinajstić information content (AvgIpc) is 2.83. The van der Waals surface area contributed by atoms with Gasteiger partial charge in [0.2, 0.25) is 0 Å². The third-order valence-electron chi connectivity index (χ3n) is 3.54. The first-order valence-corrected chi connectivity index (χ1v) is 9.97. The van der Waals surface area contributed by atoms with Crippen molar-refractivity contribution in [3.8, 4) is 0 Å². The molecule has 0 amide bonds. The van der Waals surface area contributed by atoms with E-state index < -0.39 is 29.8 Å². The van der Waals surface area contributed by atoms with Crippen LogP contribution in [0.2, 0.25) is 0 Å². The summed E-state index contributed by atoms with van der Waals surface area (Å²) in [5, 5.41) is 57.0. The molecule has 192 valence electrons. The maximum absolute atomic E-state index is 10.5. The molecule has 0 bridgehead atoms. The van der Waals surface area contributed by atoms with Crippen molar-refractivity contribution in [1.29, 1.82) is 0 Å². The number of rotatable bonds is 9. The van der Waals surface area contributed by atoms with Gasteiger partial charge in [-0.25, -0.2) is 14.4 Å². The zero-order valence-electron chi connectivity index (χ0n) is 18.6. The summed E-state index contributed by atoms with van der Waals surface area (Å²) >= 11 is 0. The molecule has 2 aromatic rings. The van der Waals surface area contributed by atoms with Crippen molar-refractivity contribution in [2.75, 3.05) is 13.2 Å². The van der Waals surface area contributed by atoms with Crippen molar-refractivity contribution < 1.29 is 59.7 Å². The zero-order valence-corrected chi connectivity index (χ0v) is 18.6. The van der Waals surface area contributed by atoms with E-state index in [1.165, 1.54) is 24.3 Å². The molecule has 0 spiro atoms. The molecule has 12 heteroatoms. The molecule has 0 aliphatic carbocycles. The summed E-state index contributed by atoms with van der Waals surface area (Å²) in [6.07, 6.45) is 1.02. The molecule has 0 atom stereocenters. The zero-order chi connectivity index (χ0) is 27.2. The SMILES string of the molecule is O=C(O)CCCCC(=O)O.O=C(O)c1ccccc1.O=C(O)c1ccccc1C(=O)O.OCCO. The number of aliphatic hydroxyl groups excluding tert-OH is 2. The van der Waals surface area contributed by atoms with Crippen LogP contribution in [0.5, 0.6) is 0 Å². The highest BCUT2D eigenvalue weighted by Gasteiger charge is 2.13. The Morgan fingerprint density at radius 2 is 0.857 bits per heavy atom. The van der Waals surface area contributed by atoms with E-state index in [4.69, 9.17) is 35.7 Å². The molecule has 2 aromatic carbocycles. The lowest BCUT2D eigenvalue weighted by atomic mass is 10.1. The first-order chi connectivity index (χ1) is 16.5. The van der Waals surface area contributed by atoms with Crippen LogP contribution in [0.4, 0.5) is 0 Å². The van der Waals surface area contributed by atoms with Crippen LogP contribution in [0, 0.1) is 0 Å². The molecular weight excluding hydrogens is 468 g/mol. The Kier molecular flexibility index (Phi) is 19.1. The molecule has 7 N–H and O–H groups in total. The Balaban J connectivity index is 0. The van der Waals surface area contributed by atoms with Gasteiger partial charge >= 0.3 is 29.8 Å². The number of unbranched alkanes of at least 4 members (excludes halogenated alkanes) is 1. The van der Waals surface area contributed by atoms with E-state index in [1.54, 1.807) is 30.3 Å². The summed E-state index contributed by atoms with van der Waals surface area (Å²) in [5.74, 6) is -5.08. The molecule has 0 radical (unpaired) electrons. The van der Waals surface area contributed by atoms with Crippen LogP contribution < -0.4 is 0 Å². The fourth-order valence-electron chi connectivity index (χ4n) is 1.99. The summed E-state index contributed by atoms with van der Waals surface area (Å²) < 4.78 is 0. The minimum absolute atomic E-state index is 0.0628. The lowest BCUT2D eigenvalue weighted by Gasteiger charge is -1.98. The molecule has 0 saturated carbocycles. The normalized spacial score (nSPS) is 8.97. The van der Waals surface area contributed by atoms with Crippen LogP contribution in [0.25, 0.3) is 0 Å². The number of benzene rings is 2. The van der Waals surface area contributed by atoms with Crippen molar-refractivity contribution >= 4 is 29.8 Å². The molecule has 35 heavy (non-hydrogen) atoms. The van der Waals surface area contributed by atoms with Crippen molar-refractivity contribution in [1.82, 2.24) is 0 Å². The second-order valence-corrected chi connectivity index (χ2v) is 6.27. The highest BCUT2D eigenvalue weighted by atomic mass is 16.4. The van der Waals surface area contributed by atoms with E-state index in [1.807, 2.05) is 0 Å². The maximum Gasteiger partial charge on any atom is 0.336 e. The molecule has 0 aliphatic rings. The smallest absolute Gasteiger partial charge is 0.336 e. The molecule has 0 saturated heterocycles. The Hall–Kier alpha value is -4.29. The lowest BCUT2D eigenvalue weighted by Crippen LogP contribution is -2.06. The summed E-state index contributed by atoms with van der Waals surface area (Å²) in [7, 11) is 0. The number of aliphatic carboxylic acids is 2. The van der Waals surface area contributed by atoms with Crippen molar-refractivity contribution in [3.05, 3.63) is 71.3 Å². The van der Waals surface area contributed by atoms with Gasteiger partial charge in [-0.05, 0) is 37.1 Å². The van der Waals surface area contributed by atoms with Crippen LogP contribution in [-0.2, 0) is 9.59 Å². The maximum atomic E-state index is 10.5. The van der Waals surface area contributed by atoms with Crippen molar-refractivity contribution in [2.24, 2.45) is 0 Å². The van der Waals surface area contributed by atoms with E-state index >= 15 is 0 Å². The summed E-state index contributed by atoms with van der Waals surface area (Å²) in [4.78, 5) is 50.9. The van der Waals surface area contributed by atoms with Crippen molar-refractivity contribution in [3.63, 3.8) is 0 Å². The summed E-state index contributed by atoms with van der Waals surface area (Å²) in [5.41, 5.74) is -0.0486. The number of aromatic carboxylic acids is 3. The topological polar surface area (TPSA) is 227 Å². The van der Waals surface area contributed by atoms with Gasteiger partial charge in [-0.15, -0.1) is 0 Å². The fraction of sp³-hybridized carbons (Fsp3) is 0.261. The number of carbonyl (C=O) groups is 5. The summed E-state index contributed by atoms with van der Waals surface area (Å²) in [6, 6.07) is 13.8. The molecule has 12 nitrogen and oxygen atoms in total. The minimum Gasteiger partial charge on any atom is -0.481 e. The second kappa shape index (κ2) is 20.3. The Bertz CT molecular complexity index is 874. The minimum atomic E-state index is -1.23. The fourth-order valence-corrected chi connectivity index (χ4v) is 1.99. The van der Waals surface area contributed by atoms with Gasteiger partial charge < -0.3 is 35.7 Å². The van der Waals surface area contributed by atoms with Gasteiger partial charge in [-0.2, -0.15) is 0 Å². The lowest BCUT2D eigenvalue weighted by molar-refractivity contribution is -0.139. The standard InChI is InChI=1S/C8H6O4.C7H6O2.C6H10O4.C2H6O2/c9-7(10)5-3-1-2-4-6(5)8(11)12;8-7(9)6-4-2-1-3-5-6;7-5(8)3-1-2-4-6(9)10;3-1-2-4/h1-4H,(H,9,10)(H,11,12);1-5H,(H,8,9);1-4H2,(H,7,8)(H,9,10);3-4H,1-2H2. The summed E-state index contributed by atoms with van der Waals surface area (Å²) in [6.45, 7) is -0.250. The van der Waals surface area contributed by atoms with Gasteiger partial charge in [-0.3, -0.25) is 9.59 Å². The number of hydrogen-bond donors (Lipinski definition) is 7. The van der Waals surface area contributed by atoms with Crippen LogP contribution in [-0.4, -0.2) is 78.8 Å². The quantitative estimate of drug-likeness (QED) is 0.248. The first kappa shape index (κ1) is 32.9. The van der Waals surface area contributed by atoms with Crippen LogP contribution in [0.1, 0.15) is 56.8 Å².